The van der Waals surface area contributed by atoms with Gasteiger partial charge in [-0.05, 0) is 91.0 Å². The zero-order valence-corrected chi connectivity index (χ0v) is 20.8. The van der Waals surface area contributed by atoms with E-state index in [-0.39, 0.29) is 11.8 Å². The number of urea groups is 1. The number of hydrogen-bond acceptors (Lipinski definition) is 5. The maximum absolute atomic E-state index is 13.1. The van der Waals surface area contributed by atoms with Crippen molar-refractivity contribution >= 4 is 27.6 Å². The summed E-state index contributed by atoms with van der Waals surface area (Å²) in [5, 5.41) is 17.4. The summed E-state index contributed by atoms with van der Waals surface area (Å²) in [5.41, 5.74) is 2.65. The first-order valence-electron chi connectivity index (χ1n) is 11.5. The van der Waals surface area contributed by atoms with Crippen LogP contribution in [0.4, 0.5) is 14.9 Å². The minimum Gasteiger partial charge on any atom is -0.338 e. The van der Waals surface area contributed by atoms with Gasteiger partial charge < -0.3 is 15.5 Å². The van der Waals surface area contributed by atoms with Gasteiger partial charge in [0.1, 0.15) is 5.82 Å². The highest BCUT2D eigenvalue weighted by atomic mass is 79.9. The van der Waals surface area contributed by atoms with E-state index >= 15 is 0 Å². The number of piperidine rings is 1. The van der Waals surface area contributed by atoms with Crippen molar-refractivity contribution in [2.24, 2.45) is 13.0 Å². The summed E-state index contributed by atoms with van der Waals surface area (Å²) in [4.78, 5) is 14.9. The zero-order chi connectivity index (χ0) is 23.9. The Morgan fingerprint density at radius 2 is 2.06 bits per heavy atom. The minimum absolute atomic E-state index is 0.186. The molecule has 2 N–H and O–H groups in total. The van der Waals surface area contributed by atoms with Crippen LogP contribution in [0.3, 0.4) is 0 Å². The number of aryl methyl sites for hydroxylation is 1. The molecule has 0 aliphatic carbocycles. The van der Waals surface area contributed by atoms with Gasteiger partial charge in [0.25, 0.3) is 0 Å². The Kier molecular flexibility index (Phi) is 8.23. The van der Waals surface area contributed by atoms with Crippen LogP contribution in [0, 0.1) is 11.7 Å². The van der Waals surface area contributed by atoms with Gasteiger partial charge in [0, 0.05) is 35.9 Å². The van der Waals surface area contributed by atoms with Crippen molar-refractivity contribution in [1.29, 1.82) is 0 Å². The van der Waals surface area contributed by atoms with Gasteiger partial charge in [0.05, 0.1) is 0 Å². The van der Waals surface area contributed by atoms with Gasteiger partial charge in [-0.15, -0.1) is 5.10 Å². The molecule has 34 heavy (non-hydrogen) atoms. The van der Waals surface area contributed by atoms with Gasteiger partial charge >= 0.3 is 6.03 Å². The third kappa shape index (κ3) is 6.83. The van der Waals surface area contributed by atoms with E-state index in [1.54, 1.807) is 11.7 Å². The van der Waals surface area contributed by atoms with Gasteiger partial charge in [-0.3, -0.25) is 0 Å². The van der Waals surface area contributed by atoms with Crippen LogP contribution >= 0.6 is 15.9 Å². The van der Waals surface area contributed by atoms with E-state index in [0.29, 0.717) is 24.0 Å². The van der Waals surface area contributed by atoms with Crippen LogP contribution in [0.25, 0.3) is 11.4 Å². The first-order valence-corrected chi connectivity index (χ1v) is 12.3. The third-order valence-electron chi connectivity index (χ3n) is 6.01. The number of tetrazole rings is 1. The summed E-state index contributed by atoms with van der Waals surface area (Å²) >= 11 is 3.48. The lowest BCUT2D eigenvalue weighted by Crippen LogP contribution is -2.38. The summed E-state index contributed by atoms with van der Waals surface area (Å²) in [6, 6.07) is 12.2. The lowest BCUT2D eigenvalue weighted by molar-refractivity contribution is 0.172. The summed E-state index contributed by atoms with van der Waals surface area (Å²) < 4.78 is 15.5. The van der Waals surface area contributed by atoms with Crippen LogP contribution in [-0.2, 0) is 13.5 Å². The van der Waals surface area contributed by atoms with Crippen LogP contribution in [0.1, 0.15) is 24.8 Å². The standard InChI is InChI=1S/C24H29BrFN7O/c1-32-23(29-30-31-32)19-13-20(25)15-22(14-19)28-24(34)27-9-3-11-33-10-2-4-18(16-33)12-17-5-7-21(26)8-6-17/h5-8,13-15,18H,2-4,9-12,16H2,1H3,(H2,27,28,34)/t18-/m0/s1. The van der Waals surface area contributed by atoms with Gasteiger partial charge in [-0.1, -0.05) is 28.1 Å². The maximum atomic E-state index is 13.1. The van der Waals surface area contributed by atoms with Gasteiger partial charge in [0.15, 0.2) is 5.82 Å². The SMILES string of the molecule is Cn1nnnc1-c1cc(Br)cc(NC(=O)NCCCN2CCC[C@@H](Cc3ccc(F)cc3)C2)c1. The van der Waals surface area contributed by atoms with Gasteiger partial charge in [-0.2, -0.15) is 0 Å². The molecule has 1 aliphatic rings. The highest BCUT2D eigenvalue weighted by Crippen LogP contribution is 2.26. The highest BCUT2D eigenvalue weighted by Gasteiger charge is 2.20. The number of carbonyl (C=O) groups is 1. The highest BCUT2D eigenvalue weighted by molar-refractivity contribution is 9.10. The average Bonchev–Trinajstić information content (AvgIpc) is 3.24. The molecule has 8 nitrogen and oxygen atoms in total. The van der Waals surface area contributed by atoms with E-state index in [9.17, 15) is 9.18 Å². The van der Waals surface area contributed by atoms with Crippen molar-refractivity contribution in [3.63, 3.8) is 0 Å². The summed E-state index contributed by atoms with van der Waals surface area (Å²) in [6.45, 7) is 3.67. The number of carbonyl (C=O) groups excluding carboxylic acids is 1. The maximum Gasteiger partial charge on any atom is 0.319 e. The largest absolute Gasteiger partial charge is 0.338 e. The second-order valence-electron chi connectivity index (χ2n) is 8.73. The molecule has 2 amide bonds. The van der Waals surface area contributed by atoms with Crippen molar-refractivity contribution in [3.05, 3.63) is 58.3 Å². The van der Waals surface area contributed by atoms with Gasteiger partial charge in [-0.25, -0.2) is 13.9 Å². The molecule has 3 aromatic rings. The smallest absolute Gasteiger partial charge is 0.319 e. The van der Waals surface area contributed by atoms with E-state index < -0.39 is 0 Å². The monoisotopic (exact) mass is 529 g/mol. The van der Waals surface area contributed by atoms with Crippen molar-refractivity contribution < 1.29 is 9.18 Å². The molecule has 0 saturated carbocycles. The Bertz CT molecular complexity index is 1100. The molecule has 2 aromatic carbocycles. The minimum atomic E-state index is -0.243. The fourth-order valence-corrected chi connectivity index (χ4v) is 4.91. The number of hydrogen-bond donors (Lipinski definition) is 2. The Morgan fingerprint density at radius 3 is 2.82 bits per heavy atom. The van der Waals surface area contributed by atoms with Crippen molar-refractivity contribution in [3.8, 4) is 11.4 Å². The Morgan fingerprint density at radius 1 is 1.24 bits per heavy atom. The van der Waals surface area contributed by atoms with E-state index in [2.05, 4.69) is 47.0 Å². The van der Waals surface area contributed by atoms with Gasteiger partial charge in [0.2, 0.25) is 0 Å². The molecule has 0 spiro atoms. The fraction of sp³-hybridized carbons (Fsp3) is 0.417. The number of nitrogens with zero attached hydrogens (tertiary/aromatic N) is 5. The Hall–Kier alpha value is -2.85. The Labute approximate surface area is 207 Å². The van der Waals surface area contributed by atoms with E-state index in [0.717, 1.165) is 42.5 Å². The lowest BCUT2D eigenvalue weighted by atomic mass is 9.91. The number of benzene rings is 2. The first-order chi connectivity index (χ1) is 16.5. The van der Waals surface area contributed by atoms with Crippen LogP contribution < -0.4 is 10.6 Å². The third-order valence-corrected chi connectivity index (χ3v) is 6.47. The van der Waals surface area contributed by atoms with E-state index in [1.165, 1.54) is 30.5 Å². The zero-order valence-electron chi connectivity index (χ0n) is 19.2. The van der Waals surface area contributed by atoms with E-state index in [4.69, 9.17) is 0 Å². The predicted octanol–water partition coefficient (Wildman–Crippen LogP) is 4.25. The molecule has 180 valence electrons. The molecular formula is C24H29BrFN7O. The second kappa shape index (κ2) is 11.5. The molecule has 1 atom stereocenters. The summed E-state index contributed by atoms with van der Waals surface area (Å²) in [5.74, 6) is 1.02. The number of anilines is 1. The molecule has 1 aromatic heterocycles. The molecule has 1 aliphatic heterocycles. The van der Waals surface area contributed by atoms with Crippen molar-refractivity contribution in [2.45, 2.75) is 25.7 Å². The quantitative estimate of drug-likeness (QED) is 0.426. The number of rotatable bonds is 8. The summed E-state index contributed by atoms with van der Waals surface area (Å²) in [6.07, 6.45) is 4.24. The molecule has 4 rings (SSSR count). The normalized spacial score (nSPS) is 16.4. The number of aromatic nitrogens is 4. The van der Waals surface area contributed by atoms with Crippen LogP contribution in [-0.4, -0.2) is 57.3 Å². The molecule has 2 heterocycles. The molecule has 1 saturated heterocycles. The van der Waals surface area contributed by atoms with Crippen LogP contribution in [0.2, 0.25) is 0 Å². The topological polar surface area (TPSA) is 88.0 Å². The molecule has 1 fully saturated rings. The molecule has 10 heteroatoms. The predicted molar refractivity (Wildman–Crippen MR) is 133 cm³/mol. The average molecular weight is 530 g/mol. The lowest BCUT2D eigenvalue weighted by Gasteiger charge is -2.32. The first kappa shape index (κ1) is 24.3. The van der Waals surface area contributed by atoms with E-state index in [1.807, 2.05) is 30.3 Å². The number of amides is 2. The fourth-order valence-electron chi connectivity index (χ4n) is 4.42. The number of nitrogens with one attached hydrogen (secondary N) is 2. The molecule has 0 unspecified atom stereocenters. The summed E-state index contributed by atoms with van der Waals surface area (Å²) in [7, 11) is 1.77. The molecule has 0 bridgehead atoms. The van der Waals surface area contributed by atoms with Crippen molar-refractivity contribution in [2.75, 3.05) is 31.5 Å². The van der Waals surface area contributed by atoms with Crippen LogP contribution in [0.15, 0.2) is 46.9 Å². The van der Waals surface area contributed by atoms with Crippen LogP contribution in [0.5, 0.6) is 0 Å². The van der Waals surface area contributed by atoms with Crippen molar-refractivity contribution in [1.82, 2.24) is 30.4 Å². The molecular weight excluding hydrogens is 501 g/mol. The number of halogens is 2. The number of likely N-dealkylation sites (tertiary alicyclic amines) is 1. The Balaban J connectivity index is 1.20. The molecule has 0 radical (unpaired) electrons. The second-order valence-corrected chi connectivity index (χ2v) is 9.64.